The SMILES string of the molecule is CC(C)CN=C(N)SCc1cccc(S(=O)(=O)N2CCOCC2)c1. The second-order valence-electron chi connectivity index (χ2n) is 6.03. The van der Waals surface area contributed by atoms with Crippen LogP contribution in [0.4, 0.5) is 0 Å². The Morgan fingerprint density at radius 1 is 1.38 bits per heavy atom. The van der Waals surface area contributed by atoms with Crippen LogP contribution in [-0.2, 0) is 20.5 Å². The van der Waals surface area contributed by atoms with E-state index in [1.807, 2.05) is 6.07 Å². The largest absolute Gasteiger partial charge is 0.379 e. The Bertz CT molecular complexity index is 669. The first-order valence-corrected chi connectivity index (χ1v) is 10.4. The number of rotatable bonds is 6. The molecule has 1 heterocycles. The molecule has 134 valence electrons. The minimum atomic E-state index is -3.46. The van der Waals surface area contributed by atoms with E-state index in [2.05, 4.69) is 18.8 Å². The molecular weight excluding hydrogens is 346 g/mol. The summed E-state index contributed by atoms with van der Waals surface area (Å²) in [5.74, 6) is 1.06. The lowest BCUT2D eigenvalue weighted by Crippen LogP contribution is -2.40. The highest BCUT2D eigenvalue weighted by molar-refractivity contribution is 8.13. The summed E-state index contributed by atoms with van der Waals surface area (Å²) in [6, 6.07) is 7.02. The van der Waals surface area contributed by atoms with Gasteiger partial charge in [0.05, 0.1) is 18.1 Å². The highest BCUT2D eigenvalue weighted by atomic mass is 32.2. The summed E-state index contributed by atoms with van der Waals surface area (Å²) in [5.41, 5.74) is 6.80. The minimum absolute atomic E-state index is 0.320. The third-order valence-electron chi connectivity index (χ3n) is 3.51. The van der Waals surface area contributed by atoms with Crippen LogP contribution in [0.1, 0.15) is 19.4 Å². The van der Waals surface area contributed by atoms with Gasteiger partial charge in [-0.25, -0.2) is 8.42 Å². The van der Waals surface area contributed by atoms with Gasteiger partial charge in [-0.15, -0.1) is 0 Å². The van der Waals surface area contributed by atoms with Crippen LogP contribution in [0, 0.1) is 5.92 Å². The first kappa shape index (κ1) is 19.2. The third-order valence-corrected chi connectivity index (χ3v) is 6.30. The van der Waals surface area contributed by atoms with Crippen molar-refractivity contribution in [2.75, 3.05) is 32.8 Å². The van der Waals surface area contributed by atoms with Gasteiger partial charge >= 0.3 is 0 Å². The van der Waals surface area contributed by atoms with Crippen molar-refractivity contribution in [2.45, 2.75) is 24.5 Å². The van der Waals surface area contributed by atoms with E-state index in [4.69, 9.17) is 10.5 Å². The van der Waals surface area contributed by atoms with Crippen LogP contribution < -0.4 is 5.73 Å². The van der Waals surface area contributed by atoms with E-state index >= 15 is 0 Å². The average molecular weight is 372 g/mol. The van der Waals surface area contributed by atoms with E-state index in [0.29, 0.717) is 54.6 Å². The fourth-order valence-electron chi connectivity index (χ4n) is 2.21. The highest BCUT2D eigenvalue weighted by Crippen LogP contribution is 2.21. The Morgan fingerprint density at radius 2 is 2.08 bits per heavy atom. The van der Waals surface area contributed by atoms with Crippen molar-refractivity contribution >= 4 is 27.0 Å². The van der Waals surface area contributed by atoms with Crippen LogP contribution >= 0.6 is 11.8 Å². The van der Waals surface area contributed by atoms with Crippen LogP contribution in [0.15, 0.2) is 34.2 Å². The number of amidine groups is 1. The monoisotopic (exact) mass is 371 g/mol. The molecule has 2 N–H and O–H groups in total. The maximum Gasteiger partial charge on any atom is 0.243 e. The molecule has 1 aromatic rings. The summed E-state index contributed by atoms with van der Waals surface area (Å²) >= 11 is 1.43. The number of morpholine rings is 1. The molecule has 24 heavy (non-hydrogen) atoms. The van der Waals surface area contributed by atoms with Crippen LogP contribution in [0.3, 0.4) is 0 Å². The zero-order valence-corrected chi connectivity index (χ0v) is 15.8. The van der Waals surface area contributed by atoms with Crippen molar-refractivity contribution in [3.63, 3.8) is 0 Å². The number of benzene rings is 1. The van der Waals surface area contributed by atoms with Crippen molar-refractivity contribution in [3.05, 3.63) is 29.8 Å². The first-order chi connectivity index (χ1) is 11.4. The van der Waals surface area contributed by atoms with E-state index in [0.717, 1.165) is 5.56 Å². The molecule has 0 unspecified atom stereocenters. The van der Waals surface area contributed by atoms with Crippen molar-refractivity contribution in [1.82, 2.24) is 4.31 Å². The van der Waals surface area contributed by atoms with Crippen LogP contribution in [0.5, 0.6) is 0 Å². The highest BCUT2D eigenvalue weighted by Gasteiger charge is 2.26. The molecule has 0 aromatic heterocycles. The maximum atomic E-state index is 12.7. The number of sulfonamides is 1. The number of aliphatic imine (C=N–C) groups is 1. The Kier molecular flexibility index (Phi) is 7.09. The molecule has 1 aliphatic rings. The van der Waals surface area contributed by atoms with Gasteiger partial charge in [0.15, 0.2) is 5.17 Å². The molecule has 1 aromatic carbocycles. The summed E-state index contributed by atoms with van der Waals surface area (Å²) in [6.45, 7) is 6.55. The molecule has 0 bridgehead atoms. The molecule has 1 saturated heterocycles. The van der Waals surface area contributed by atoms with Gasteiger partial charge < -0.3 is 10.5 Å². The molecule has 0 atom stereocenters. The fraction of sp³-hybridized carbons (Fsp3) is 0.562. The van der Waals surface area contributed by atoms with Crippen LogP contribution in [0.2, 0.25) is 0 Å². The standard InChI is InChI=1S/C16H25N3O3S2/c1-13(2)11-18-16(17)23-12-14-4-3-5-15(10-14)24(20,21)19-6-8-22-9-7-19/h3-5,10,13H,6-9,11-12H2,1-2H3,(H2,17,18). The molecule has 0 saturated carbocycles. The van der Waals surface area contributed by atoms with Crippen molar-refractivity contribution in [1.29, 1.82) is 0 Å². The lowest BCUT2D eigenvalue weighted by molar-refractivity contribution is 0.0730. The number of hydrogen-bond acceptors (Lipinski definition) is 5. The predicted molar refractivity (Wildman–Crippen MR) is 98.6 cm³/mol. The first-order valence-electron chi connectivity index (χ1n) is 7.99. The Hall–Kier alpha value is -1.09. The van der Waals surface area contributed by atoms with Crippen molar-refractivity contribution in [3.8, 4) is 0 Å². The van der Waals surface area contributed by atoms with Crippen molar-refractivity contribution < 1.29 is 13.2 Å². The molecule has 0 aliphatic carbocycles. The van der Waals surface area contributed by atoms with E-state index in [1.165, 1.54) is 16.1 Å². The smallest absolute Gasteiger partial charge is 0.243 e. The number of ether oxygens (including phenoxy) is 1. The number of hydrogen-bond donors (Lipinski definition) is 1. The Morgan fingerprint density at radius 3 is 2.75 bits per heavy atom. The normalized spacial score (nSPS) is 17.4. The number of nitrogens with two attached hydrogens (primary N) is 1. The second kappa shape index (κ2) is 8.84. The van der Waals surface area contributed by atoms with Gasteiger partial charge in [-0.2, -0.15) is 4.31 Å². The van der Waals surface area contributed by atoms with Gasteiger partial charge in [-0.1, -0.05) is 37.7 Å². The van der Waals surface area contributed by atoms with Gasteiger partial charge in [-0.3, -0.25) is 4.99 Å². The molecule has 0 amide bonds. The van der Waals surface area contributed by atoms with Crippen LogP contribution in [-0.4, -0.2) is 50.7 Å². The molecule has 8 heteroatoms. The lowest BCUT2D eigenvalue weighted by atomic mass is 10.2. The van der Waals surface area contributed by atoms with Gasteiger partial charge in [0.1, 0.15) is 0 Å². The topological polar surface area (TPSA) is 85.0 Å². The molecule has 2 rings (SSSR count). The Balaban J connectivity index is 2.04. The van der Waals surface area contributed by atoms with Gasteiger partial charge in [0, 0.05) is 25.4 Å². The van der Waals surface area contributed by atoms with Gasteiger partial charge in [0.2, 0.25) is 10.0 Å². The average Bonchev–Trinajstić information content (AvgIpc) is 2.59. The van der Waals surface area contributed by atoms with Crippen LogP contribution in [0.25, 0.3) is 0 Å². The predicted octanol–water partition coefficient (Wildman–Crippen LogP) is 1.91. The molecule has 1 aliphatic heterocycles. The summed E-state index contributed by atoms with van der Waals surface area (Å²) in [4.78, 5) is 4.62. The molecule has 1 fully saturated rings. The summed E-state index contributed by atoms with van der Waals surface area (Å²) in [6.07, 6.45) is 0. The van der Waals surface area contributed by atoms with E-state index in [1.54, 1.807) is 18.2 Å². The van der Waals surface area contributed by atoms with E-state index in [-0.39, 0.29) is 0 Å². The summed E-state index contributed by atoms with van der Waals surface area (Å²) in [7, 11) is -3.46. The van der Waals surface area contributed by atoms with Gasteiger partial charge in [0.25, 0.3) is 0 Å². The quantitative estimate of drug-likeness (QED) is 0.610. The maximum absolute atomic E-state index is 12.7. The Labute approximate surface area is 148 Å². The van der Waals surface area contributed by atoms with Gasteiger partial charge in [-0.05, 0) is 23.6 Å². The summed E-state index contributed by atoms with van der Waals surface area (Å²) < 4.78 is 32.0. The van der Waals surface area contributed by atoms with E-state index < -0.39 is 10.0 Å². The summed E-state index contributed by atoms with van der Waals surface area (Å²) in [5, 5.41) is 0.533. The minimum Gasteiger partial charge on any atom is -0.379 e. The molecular formula is C16H25N3O3S2. The molecule has 0 radical (unpaired) electrons. The van der Waals surface area contributed by atoms with E-state index in [9.17, 15) is 8.42 Å². The van der Waals surface area contributed by atoms with Crippen molar-refractivity contribution in [2.24, 2.45) is 16.6 Å². The number of thioether (sulfide) groups is 1. The lowest BCUT2D eigenvalue weighted by Gasteiger charge is -2.26. The second-order valence-corrected chi connectivity index (χ2v) is 8.96. The molecule has 0 spiro atoms. The third kappa shape index (κ3) is 5.47. The molecule has 6 nitrogen and oxygen atoms in total. The zero-order valence-electron chi connectivity index (χ0n) is 14.1. The number of nitrogens with zero attached hydrogens (tertiary/aromatic N) is 2. The zero-order chi connectivity index (χ0) is 17.6. The fourth-order valence-corrected chi connectivity index (χ4v) is 4.35.